The Morgan fingerprint density at radius 2 is 1.82 bits per heavy atom. The van der Waals surface area contributed by atoms with Gasteiger partial charge in [0.15, 0.2) is 0 Å². The smallest absolute Gasteiger partial charge is 0.262 e. The van der Waals surface area contributed by atoms with E-state index in [4.69, 9.17) is 4.74 Å². The molecule has 0 aliphatic rings. The number of fused-ring (bicyclic) bond motifs is 1. The second kappa shape index (κ2) is 8.52. The van der Waals surface area contributed by atoms with Crippen molar-refractivity contribution in [3.05, 3.63) is 85.5 Å². The van der Waals surface area contributed by atoms with Crippen molar-refractivity contribution in [2.45, 2.75) is 4.90 Å². The molecule has 9 nitrogen and oxygen atoms in total. The summed E-state index contributed by atoms with van der Waals surface area (Å²) in [4.78, 5) is 12.6. The number of benzene rings is 2. The highest BCUT2D eigenvalue weighted by atomic mass is 32.2. The zero-order valence-corrected chi connectivity index (χ0v) is 18.6. The highest BCUT2D eigenvalue weighted by Gasteiger charge is 2.18. The minimum atomic E-state index is -4.00. The number of hydrogen-bond donors (Lipinski definition) is 1. The van der Waals surface area contributed by atoms with Gasteiger partial charge in [0.1, 0.15) is 24.2 Å². The zero-order valence-electron chi connectivity index (χ0n) is 17.8. The molecule has 0 unspecified atom stereocenters. The van der Waals surface area contributed by atoms with Gasteiger partial charge in [0.25, 0.3) is 10.0 Å². The first kappa shape index (κ1) is 21.5. The van der Waals surface area contributed by atoms with Gasteiger partial charge in [-0.25, -0.2) is 27.5 Å². The lowest BCUT2D eigenvalue weighted by atomic mass is 10.0. The van der Waals surface area contributed by atoms with Gasteiger partial charge in [0.2, 0.25) is 5.88 Å². The van der Waals surface area contributed by atoms with Crippen LogP contribution in [0.3, 0.4) is 0 Å². The number of sulfonamides is 1. The Morgan fingerprint density at radius 1 is 1.00 bits per heavy atom. The van der Waals surface area contributed by atoms with E-state index < -0.39 is 15.8 Å². The van der Waals surface area contributed by atoms with Crippen molar-refractivity contribution >= 4 is 26.6 Å². The lowest BCUT2D eigenvalue weighted by Crippen LogP contribution is -2.14. The van der Waals surface area contributed by atoms with Crippen LogP contribution in [0, 0.1) is 5.82 Å². The van der Waals surface area contributed by atoms with Crippen molar-refractivity contribution in [1.82, 2.24) is 24.7 Å². The third-order valence-electron chi connectivity index (χ3n) is 5.13. The molecule has 0 spiro atoms. The Kier molecular flexibility index (Phi) is 5.38. The summed E-state index contributed by atoms with van der Waals surface area (Å²) in [7, 11) is -2.61. The van der Waals surface area contributed by atoms with Gasteiger partial charge in [-0.05, 0) is 54.1 Å². The van der Waals surface area contributed by atoms with Gasteiger partial charge in [-0.3, -0.25) is 9.71 Å². The van der Waals surface area contributed by atoms with Crippen LogP contribution in [0.4, 0.5) is 10.1 Å². The molecule has 0 aliphatic carbocycles. The minimum Gasteiger partial charge on any atom is -0.480 e. The summed E-state index contributed by atoms with van der Waals surface area (Å²) < 4.78 is 48.3. The number of anilines is 1. The van der Waals surface area contributed by atoms with Crippen LogP contribution in [0.2, 0.25) is 0 Å². The number of methoxy groups -OCH3 is 1. The quantitative estimate of drug-likeness (QED) is 0.396. The lowest BCUT2D eigenvalue weighted by molar-refractivity contribution is 0.400. The van der Waals surface area contributed by atoms with E-state index in [9.17, 15) is 12.8 Å². The summed E-state index contributed by atoms with van der Waals surface area (Å²) in [6.45, 7) is 0. The van der Waals surface area contributed by atoms with Gasteiger partial charge in [0.05, 0.1) is 23.2 Å². The number of nitrogens with zero attached hydrogens (tertiary/aromatic N) is 5. The summed E-state index contributed by atoms with van der Waals surface area (Å²) in [6, 6.07) is 13.6. The number of pyridine rings is 2. The predicted molar refractivity (Wildman–Crippen MR) is 124 cm³/mol. The Bertz CT molecular complexity index is 1590. The molecule has 2 aromatic carbocycles. The van der Waals surface area contributed by atoms with Gasteiger partial charge in [-0.15, -0.1) is 0 Å². The maximum Gasteiger partial charge on any atom is 0.262 e. The van der Waals surface area contributed by atoms with Crippen molar-refractivity contribution in [2.24, 2.45) is 0 Å². The summed E-state index contributed by atoms with van der Waals surface area (Å²) >= 11 is 0. The second-order valence-electron chi connectivity index (χ2n) is 7.24. The average molecular weight is 476 g/mol. The Hall–Kier alpha value is -4.38. The first-order valence-electron chi connectivity index (χ1n) is 10.0. The van der Waals surface area contributed by atoms with Gasteiger partial charge < -0.3 is 4.74 Å². The molecule has 0 bridgehead atoms. The molecule has 5 rings (SSSR count). The summed E-state index contributed by atoms with van der Waals surface area (Å²) in [6.07, 6.45) is 6.32. The molecule has 3 heterocycles. The van der Waals surface area contributed by atoms with Crippen molar-refractivity contribution in [2.75, 3.05) is 11.8 Å². The third-order valence-corrected chi connectivity index (χ3v) is 6.51. The van der Waals surface area contributed by atoms with Crippen LogP contribution in [0.15, 0.2) is 84.5 Å². The zero-order chi connectivity index (χ0) is 23.7. The molecular weight excluding hydrogens is 459 g/mol. The van der Waals surface area contributed by atoms with Gasteiger partial charge in [-0.2, -0.15) is 5.10 Å². The topological polar surface area (TPSA) is 112 Å². The highest BCUT2D eigenvalue weighted by molar-refractivity contribution is 7.92. The maximum atomic E-state index is 13.2. The summed E-state index contributed by atoms with van der Waals surface area (Å²) in [5.41, 5.74) is 3.12. The molecule has 1 N–H and O–H groups in total. The fraction of sp³-hybridized carbons (Fsp3) is 0.0435. The van der Waals surface area contributed by atoms with E-state index in [2.05, 4.69) is 24.8 Å². The van der Waals surface area contributed by atoms with E-state index in [0.29, 0.717) is 5.56 Å². The number of halogens is 1. The molecular formula is C23H17FN6O3S. The maximum absolute atomic E-state index is 13.2. The predicted octanol–water partition coefficient (Wildman–Crippen LogP) is 3.83. The molecule has 0 aliphatic heterocycles. The normalized spacial score (nSPS) is 11.5. The van der Waals surface area contributed by atoms with Gasteiger partial charge in [0, 0.05) is 23.3 Å². The van der Waals surface area contributed by atoms with Crippen LogP contribution >= 0.6 is 0 Å². The van der Waals surface area contributed by atoms with Crippen LogP contribution < -0.4 is 9.46 Å². The molecule has 5 aromatic rings. The molecule has 0 saturated heterocycles. The van der Waals surface area contributed by atoms with E-state index in [-0.39, 0.29) is 16.5 Å². The van der Waals surface area contributed by atoms with Gasteiger partial charge >= 0.3 is 0 Å². The minimum absolute atomic E-state index is 0.0874. The lowest BCUT2D eigenvalue weighted by Gasteiger charge is -2.13. The fourth-order valence-corrected chi connectivity index (χ4v) is 4.55. The number of hydrogen-bond acceptors (Lipinski definition) is 7. The number of rotatable bonds is 6. The van der Waals surface area contributed by atoms with Crippen molar-refractivity contribution in [3.63, 3.8) is 0 Å². The highest BCUT2D eigenvalue weighted by Crippen LogP contribution is 2.32. The Morgan fingerprint density at radius 3 is 2.56 bits per heavy atom. The summed E-state index contributed by atoms with van der Waals surface area (Å²) in [5.74, 6) is -0.434. The van der Waals surface area contributed by atoms with E-state index in [1.165, 1.54) is 25.6 Å². The van der Waals surface area contributed by atoms with Crippen LogP contribution in [0.5, 0.6) is 5.88 Å². The van der Waals surface area contributed by atoms with Crippen LogP contribution in [-0.2, 0) is 10.0 Å². The molecule has 34 heavy (non-hydrogen) atoms. The Labute approximate surface area is 194 Å². The third kappa shape index (κ3) is 4.04. The van der Waals surface area contributed by atoms with E-state index in [0.717, 1.165) is 34.3 Å². The fourth-order valence-electron chi connectivity index (χ4n) is 3.51. The van der Waals surface area contributed by atoms with Crippen molar-refractivity contribution in [1.29, 1.82) is 0 Å². The molecule has 3 aromatic heterocycles. The molecule has 170 valence electrons. The van der Waals surface area contributed by atoms with E-state index in [1.807, 2.05) is 24.3 Å². The first-order chi connectivity index (χ1) is 16.4. The summed E-state index contributed by atoms with van der Waals surface area (Å²) in [5, 5.41) is 5.03. The van der Waals surface area contributed by atoms with E-state index >= 15 is 0 Å². The molecule has 0 amide bonds. The SMILES string of the molecule is COc1ncc(-c2ccc3nccc(-n4cncn4)c3c2)cc1NS(=O)(=O)c1ccc(F)cc1. The van der Waals surface area contributed by atoms with Gasteiger partial charge in [-0.1, -0.05) is 6.07 Å². The molecule has 0 atom stereocenters. The Balaban J connectivity index is 1.57. The average Bonchev–Trinajstić information content (AvgIpc) is 3.38. The molecule has 0 saturated carbocycles. The van der Waals surface area contributed by atoms with Crippen LogP contribution in [-0.4, -0.2) is 40.3 Å². The number of nitrogens with one attached hydrogen (secondary N) is 1. The largest absolute Gasteiger partial charge is 0.480 e. The van der Waals surface area contributed by atoms with Crippen molar-refractivity contribution < 1.29 is 17.5 Å². The van der Waals surface area contributed by atoms with Crippen LogP contribution in [0.25, 0.3) is 27.7 Å². The van der Waals surface area contributed by atoms with E-state index in [1.54, 1.807) is 29.5 Å². The molecule has 11 heteroatoms. The number of ether oxygens (including phenoxy) is 1. The van der Waals surface area contributed by atoms with Crippen LogP contribution in [0.1, 0.15) is 0 Å². The molecule has 0 fully saturated rings. The monoisotopic (exact) mass is 476 g/mol. The number of aromatic nitrogens is 5. The van der Waals surface area contributed by atoms with Crippen molar-refractivity contribution in [3.8, 4) is 22.7 Å². The standard InChI is InChI=1S/C23H17FN6O3S/c1-33-23-21(29-34(31,32)18-5-3-17(24)4-6-18)11-16(12-27-23)15-2-7-20-19(10-15)22(8-9-26-20)30-14-25-13-28-30/h2-14,29H,1H3. The second-order valence-corrected chi connectivity index (χ2v) is 8.92. The molecule has 0 radical (unpaired) electrons. The first-order valence-corrected chi connectivity index (χ1v) is 11.5.